The SMILES string of the molecule is CC(C=CC=Cc1ccccc1)=NNC(=O)CNc1cccc2ccccc12. The van der Waals surface area contributed by atoms with Gasteiger partial charge in [-0.15, -0.1) is 0 Å². The number of anilines is 1. The summed E-state index contributed by atoms with van der Waals surface area (Å²) >= 11 is 0. The van der Waals surface area contributed by atoms with Crippen molar-refractivity contribution in [2.45, 2.75) is 6.92 Å². The zero-order valence-electron chi connectivity index (χ0n) is 15.8. The molecule has 0 saturated carbocycles. The normalized spacial score (nSPS) is 12.0. The lowest BCUT2D eigenvalue weighted by Crippen LogP contribution is -2.26. The molecule has 0 aliphatic rings. The number of allylic oxidation sites excluding steroid dienone is 3. The number of fused-ring (bicyclic) bond motifs is 1. The van der Waals surface area contributed by atoms with Crippen LogP contribution in [0.4, 0.5) is 5.69 Å². The molecule has 0 aliphatic heterocycles. The van der Waals surface area contributed by atoms with Gasteiger partial charge in [0.15, 0.2) is 0 Å². The molecule has 0 aliphatic carbocycles. The second-order valence-electron chi connectivity index (χ2n) is 6.30. The standard InChI is InChI=1S/C24H23N3O/c1-19(10-5-6-13-20-11-3-2-4-12-20)26-27-24(28)18-25-23-17-9-15-21-14-7-8-16-22(21)23/h2-17,25H,18H2,1H3,(H,27,28). The van der Waals surface area contributed by atoms with E-state index in [1.165, 1.54) is 0 Å². The Morgan fingerprint density at radius 1 is 0.929 bits per heavy atom. The molecule has 0 atom stereocenters. The van der Waals surface area contributed by atoms with Crippen LogP contribution in [0.1, 0.15) is 12.5 Å². The second-order valence-corrected chi connectivity index (χ2v) is 6.30. The van der Waals surface area contributed by atoms with Crippen LogP contribution in [0.2, 0.25) is 0 Å². The molecule has 3 rings (SSSR count). The van der Waals surface area contributed by atoms with E-state index in [2.05, 4.69) is 15.8 Å². The largest absolute Gasteiger partial charge is 0.376 e. The van der Waals surface area contributed by atoms with Gasteiger partial charge in [-0.3, -0.25) is 4.79 Å². The highest BCUT2D eigenvalue weighted by Crippen LogP contribution is 2.22. The number of nitrogens with one attached hydrogen (secondary N) is 2. The molecule has 0 spiro atoms. The van der Waals surface area contributed by atoms with Crippen LogP contribution in [0.25, 0.3) is 16.8 Å². The summed E-state index contributed by atoms with van der Waals surface area (Å²) in [4.78, 5) is 12.1. The van der Waals surface area contributed by atoms with Gasteiger partial charge in [-0.2, -0.15) is 5.10 Å². The second kappa shape index (κ2) is 9.88. The van der Waals surface area contributed by atoms with Crippen LogP contribution >= 0.6 is 0 Å². The van der Waals surface area contributed by atoms with E-state index in [-0.39, 0.29) is 12.5 Å². The minimum Gasteiger partial charge on any atom is -0.376 e. The molecule has 0 fully saturated rings. The highest BCUT2D eigenvalue weighted by atomic mass is 16.2. The summed E-state index contributed by atoms with van der Waals surface area (Å²) in [5.74, 6) is -0.194. The van der Waals surface area contributed by atoms with Gasteiger partial charge in [0.1, 0.15) is 0 Å². The summed E-state index contributed by atoms with van der Waals surface area (Å²) in [6.07, 6.45) is 7.69. The zero-order valence-corrected chi connectivity index (χ0v) is 15.8. The van der Waals surface area contributed by atoms with Crippen molar-refractivity contribution in [3.63, 3.8) is 0 Å². The molecule has 3 aromatic carbocycles. The van der Waals surface area contributed by atoms with Crippen molar-refractivity contribution < 1.29 is 4.79 Å². The van der Waals surface area contributed by atoms with E-state index in [1.54, 1.807) is 0 Å². The van der Waals surface area contributed by atoms with Crippen LogP contribution in [0, 0.1) is 0 Å². The molecular formula is C24H23N3O. The molecule has 2 N–H and O–H groups in total. The zero-order chi connectivity index (χ0) is 19.6. The van der Waals surface area contributed by atoms with Gasteiger partial charge in [0, 0.05) is 11.1 Å². The molecule has 0 unspecified atom stereocenters. The van der Waals surface area contributed by atoms with Gasteiger partial charge in [0.2, 0.25) is 0 Å². The fourth-order valence-electron chi connectivity index (χ4n) is 2.71. The van der Waals surface area contributed by atoms with Crippen molar-refractivity contribution >= 4 is 34.2 Å². The van der Waals surface area contributed by atoms with Gasteiger partial charge in [-0.05, 0) is 30.0 Å². The fourth-order valence-corrected chi connectivity index (χ4v) is 2.71. The summed E-state index contributed by atoms with van der Waals surface area (Å²) < 4.78 is 0. The summed E-state index contributed by atoms with van der Waals surface area (Å²) in [6, 6.07) is 24.1. The maximum Gasteiger partial charge on any atom is 0.259 e. The van der Waals surface area contributed by atoms with Crippen molar-refractivity contribution in [2.24, 2.45) is 5.10 Å². The third-order valence-electron chi connectivity index (χ3n) is 4.12. The molecule has 0 saturated heterocycles. The smallest absolute Gasteiger partial charge is 0.259 e. The minimum atomic E-state index is -0.194. The molecule has 140 valence electrons. The lowest BCUT2D eigenvalue weighted by molar-refractivity contribution is -0.119. The van der Waals surface area contributed by atoms with Crippen LogP contribution < -0.4 is 10.7 Å². The van der Waals surface area contributed by atoms with E-state index in [1.807, 2.05) is 104 Å². The molecule has 0 bridgehead atoms. The first-order chi connectivity index (χ1) is 13.7. The average molecular weight is 369 g/mol. The number of amides is 1. The van der Waals surface area contributed by atoms with E-state index in [9.17, 15) is 4.79 Å². The van der Waals surface area contributed by atoms with Crippen molar-refractivity contribution in [3.05, 3.63) is 96.6 Å². The van der Waals surface area contributed by atoms with Crippen LogP contribution in [0.15, 0.2) is 96.1 Å². The molecule has 1 amide bonds. The molecule has 0 radical (unpaired) electrons. The Morgan fingerprint density at radius 3 is 2.54 bits per heavy atom. The number of rotatable bonds is 7. The van der Waals surface area contributed by atoms with Crippen molar-refractivity contribution in [1.82, 2.24) is 5.43 Å². The summed E-state index contributed by atoms with van der Waals surface area (Å²) in [5.41, 5.74) is 5.35. The maximum absolute atomic E-state index is 12.1. The van der Waals surface area contributed by atoms with E-state index >= 15 is 0 Å². The third-order valence-corrected chi connectivity index (χ3v) is 4.12. The minimum absolute atomic E-state index is 0.155. The van der Waals surface area contributed by atoms with Gasteiger partial charge in [0.05, 0.1) is 12.3 Å². The molecule has 3 aromatic rings. The maximum atomic E-state index is 12.1. The topological polar surface area (TPSA) is 53.5 Å². The number of hydrogen-bond acceptors (Lipinski definition) is 3. The molecular weight excluding hydrogens is 346 g/mol. The number of benzene rings is 3. The Balaban J connectivity index is 1.49. The van der Waals surface area contributed by atoms with Gasteiger partial charge >= 0.3 is 0 Å². The Labute approximate surface area is 165 Å². The van der Waals surface area contributed by atoms with Gasteiger partial charge < -0.3 is 5.32 Å². The first kappa shape index (κ1) is 19.1. The Bertz CT molecular complexity index is 1010. The van der Waals surface area contributed by atoms with Crippen LogP contribution in [0.5, 0.6) is 0 Å². The summed E-state index contributed by atoms with van der Waals surface area (Å²) in [6.45, 7) is 1.99. The van der Waals surface area contributed by atoms with Crippen LogP contribution in [-0.4, -0.2) is 18.2 Å². The first-order valence-electron chi connectivity index (χ1n) is 9.17. The lowest BCUT2D eigenvalue weighted by Gasteiger charge is -2.09. The van der Waals surface area contributed by atoms with Crippen LogP contribution in [0.3, 0.4) is 0 Å². The number of hydrogen-bond donors (Lipinski definition) is 2. The van der Waals surface area contributed by atoms with Crippen molar-refractivity contribution in [1.29, 1.82) is 0 Å². The Morgan fingerprint density at radius 2 is 1.68 bits per heavy atom. The average Bonchev–Trinajstić information content (AvgIpc) is 2.74. The highest BCUT2D eigenvalue weighted by Gasteiger charge is 2.03. The van der Waals surface area contributed by atoms with E-state index in [0.29, 0.717) is 0 Å². The number of nitrogens with zero attached hydrogens (tertiary/aromatic N) is 1. The lowest BCUT2D eigenvalue weighted by atomic mass is 10.1. The van der Waals surface area contributed by atoms with Crippen molar-refractivity contribution in [2.75, 3.05) is 11.9 Å². The van der Waals surface area contributed by atoms with Gasteiger partial charge in [-0.1, -0.05) is 85.0 Å². The van der Waals surface area contributed by atoms with E-state index < -0.39 is 0 Å². The first-order valence-corrected chi connectivity index (χ1v) is 9.17. The number of carbonyl (C=O) groups is 1. The monoisotopic (exact) mass is 369 g/mol. The van der Waals surface area contributed by atoms with Gasteiger partial charge in [0.25, 0.3) is 5.91 Å². The van der Waals surface area contributed by atoms with Gasteiger partial charge in [-0.25, -0.2) is 5.43 Å². The van der Waals surface area contributed by atoms with Crippen LogP contribution in [-0.2, 0) is 4.79 Å². The van der Waals surface area contributed by atoms with E-state index in [0.717, 1.165) is 27.7 Å². The molecule has 4 heteroatoms. The quantitative estimate of drug-likeness (QED) is 0.349. The number of carbonyl (C=O) groups excluding carboxylic acids is 1. The molecule has 0 aromatic heterocycles. The number of hydrazone groups is 1. The summed E-state index contributed by atoms with van der Waals surface area (Å²) in [7, 11) is 0. The Hall–Kier alpha value is -3.66. The molecule has 0 heterocycles. The Kier molecular flexibility index (Phi) is 6.74. The predicted octanol–water partition coefficient (Wildman–Crippen LogP) is 5.01. The summed E-state index contributed by atoms with van der Waals surface area (Å²) in [5, 5.41) is 9.49. The highest BCUT2D eigenvalue weighted by molar-refractivity contribution is 5.96. The third kappa shape index (κ3) is 5.68. The fraction of sp³-hybridized carbons (Fsp3) is 0.0833. The van der Waals surface area contributed by atoms with Crippen molar-refractivity contribution in [3.8, 4) is 0 Å². The molecule has 4 nitrogen and oxygen atoms in total. The van der Waals surface area contributed by atoms with E-state index in [4.69, 9.17) is 0 Å². The predicted molar refractivity (Wildman–Crippen MR) is 118 cm³/mol. The molecule has 28 heavy (non-hydrogen) atoms.